The third-order valence-electron chi connectivity index (χ3n) is 6.12. The number of phenolic OH excluding ortho intramolecular Hbond substituents is 2. The van der Waals surface area contributed by atoms with E-state index in [9.17, 15) is 10.2 Å². The van der Waals surface area contributed by atoms with E-state index in [0.29, 0.717) is 17.2 Å². The van der Waals surface area contributed by atoms with Gasteiger partial charge in [0.2, 0.25) is 0 Å². The first kappa shape index (κ1) is 26.4. The van der Waals surface area contributed by atoms with Gasteiger partial charge < -0.3 is 14.9 Å². The molecule has 0 aliphatic carbocycles. The molecule has 1 aromatic rings. The summed E-state index contributed by atoms with van der Waals surface area (Å²) in [6.45, 7) is 11.7. The molecule has 0 heterocycles. The van der Waals surface area contributed by atoms with Gasteiger partial charge in [0.05, 0.1) is 7.11 Å². The van der Waals surface area contributed by atoms with Crippen LogP contribution in [0.4, 0.5) is 0 Å². The first-order chi connectivity index (χ1) is 14.2. The average molecular weight is 419 g/mol. The number of ether oxygens (including phenoxy) is 1. The molecular formula is C27H46O3. The first-order valence-electron chi connectivity index (χ1n) is 12.0. The Morgan fingerprint density at radius 1 is 0.800 bits per heavy atom. The molecule has 0 spiro atoms. The highest BCUT2D eigenvalue weighted by molar-refractivity contribution is 5.64. The lowest BCUT2D eigenvalue weighted by atomic mass is 9.91. The zero-order valence-corrected chi connectivity index (χ0v) is 20.3. The summed E-state index contributed by atoms with van der Waals surface area (Å²) in [7, 11) is 1.53. The van der Waals surface area contributed by atoms with Crippen LogP contribution >= 0.6 is 0 Å². The van der Waals surface area contributed by atoms with Gasteiger partial charge in [0.1, 0.15) is 5.75 Å². The van der Waals surface area contributed by atoms with Crippen LogP contribution in [0.15, 0.2) is 18.2 Å². The molecule has 3 nitrogen and oxygen atoms in total. The lowest BCUT2D eigenvalue weighted by Crippen LogP contribution is -2.01. The molecule has 0 bridgehead atoms. The normalized spacial score (nSPS) is 14.9. The predicted octanol–water partition coefficient (Wildman–Crippen LogP) is 8.19. The Labute approximate surface area is 185 Å². The lowest BCUT2D eigenvalue weighted by molar-refractivity contribution is 0.368. The highest BCUT2D eigenvalue weighted by atomic mass is 16.5. The van der Waals surface area contributed by atoms with Gasteiger partial charge in [0, 0.05) is 11.6 Å². The maximum absolute atomic E-state index is 9.89. The van der Waals surface area contributed by atoms with Crippen LogP contribution in [0.1, 0.15) is 98.0 Å². The van der Waals surface area contributed by atoms with E-state index in [0.717, 1.165) is 24.2 Å². The van der Waals surface area contributed by atoms with Gasteiger partial charge in [-0.1, -0.05) is 98.1 Å². The van der Waals surface area contributed by atoms with E-state index in [2.05, 4.69) is 40.7 Å². The SMILES string of the molecule is COc1c(O)cc(O)cc1C=CC(C)CCCC(C)CCCC(C)CCCC(C)C. The van der Waals surface area contributed by atoms with Crippen LogP contribution in [0.5, 0.6) is 17.2 Å². The van der Waals surface area contributed by atoms with Crippen molar-refractivity contribution in [3.63, 3.8) is 0 Å². The third kappa shape index (κ3) is 10.9. The van der Waals surface area contributed by atoms with Crippen molar-refractivity contribution in [3.8, 4) is 17.2 Å². The molecule has 0 radical (unpaired) electrons. The van der Waals surface area contributed by atoms with Crippen LogP contribution in [0.2, 0.25) is 0 Å². The zero-order valence-electron chi connectivity index (χ0n) is 20.3. The molecule has 2 N–H and O–H groups in total. The fourth-order valence-electron chi connectivity index (χ4n) is 4.10. The second-order valence-corrected chi connectivity index (χ2v) is 9.82. The van der Waals surface area contributed by atoms with Gasteiger partial charge in [-0.15, -0.1) is 0 Å². The summed E-state index contributed by atoms with van der Waals surface area (Å²) < 4.78 is 5.25. The maximum Gasteiger partial charge on any atom is 0.167 e. The molecule has 0 amide bonds. The number of phenols is 2. The predicted molar refractivity (Wildman–Crippen MR) is 129 cm³/mol. The van der Waals surface area contributed by atoms with E-state index in [1.807, 2.05) is 6.08 Å². The van der Waals surface area contributed by atoms with Gasteiger partial charge in [0.25, 0.3) is 0 Å². The van der Waals surface area contributed by atoms with Gasteiger partial charge in [-0.25, -0.2) is 0 Å². The first-order valence-corrected chi connectivity index (χ1v) is 12.0. The lowest BCUT2D eigenvalue weighted by Gasteiger charge is -2.15. The highest BCUT2D eigenvalue weighted by Gasteiger charge is 2.10. The van der Waals surface area contributed by atoms with Crippen LogP contribution in [-0.2, 0) is 0 Å². The molecule has 0 aliphatic rings. The summed E-state index contributed by atoms with van der Waals surface area (Å²) in [4.78, 5) is 0. The van der Waals surface area contributed by atoms with Crippen molar-refractivity contribution in [1.82, 2.24) is 0 Å². The van der Waals surface area contributed by atoms with Crippen molar-refractivity contribution in [2.75, 3.05) is 7.11 Å². The summed E-state index contributed by atoms with van der Waals surface area (Å²) in [5.74, 6) is 3.37. The average Bonchev–Trinajstić information content (AvgIpc) is 2.65. The molecule has 0 aliphatic heterocycles. The number of benzene rings is 1. The minimum Gasteiger partial charge on any atom is -0.508 e. The molecule has 3 unspecified atom stereocenters. The molecule has 0 fully saturated rings. The second kappa shape index (κ2) is 14.4. The number of hydrogen-bond acceptors (Lipinski definition) is 3. The van der Waals surface area contributed by atoms with E-state index in [1.54, 1.807) is 6.07 Å². The molecule has 1 rings (SSSR count). The van der Waals surface area contributed by atoms with Crippen molar-refractivity contribution < 1.29 is 14.9 Å². The Kier molecular flexibility index (Phi) is 12.7. The number of allylic oxidation sites excluding steroid dienone is 1. The highest BCUT2D eigenvalue weighted by Crippen LogP contribution is 2.35. The molecule has 30 heavy (non-hydrogen) atoms. The maximum atomic E-state index is 9.89. The minimum atomic E-state index is -0.0344. The van der Waals surface area contributed by atoms with Crippen molar-refractivity contribution in [1.29, 1.82) is 0 Å². The molecule has 3 atom stereocenters. The van der Waals surface area contributed by atoms with Crippen LogP contribution in [0.25, 0.3) is 6.08 Å². The van der Waals surface area contributed by atoms with Crippen LogP contribution < -0.4 is 4.74 Å². The summed E-state index contributed by atoms with van der Waals surface area (Å²) in [6.07, 6.45) is 16.0. The molecule has 3 heteroatoms. The molecule has 0 aromatic heterocycles. The van der Waals surface area contributed by atoms with Gasteiger partial charge in [-0.3, -0.25) is 0 Å². The van der Waals surface area contributed by atoms with Crippen LogP contribution in [0, 0.1) is 23.7 Å². The Hall–Kier alpha value is -1.64. The largest absolute Gasteiger partial charge is 0.508 e. The van der Waals surface area contributed by atoms with E-state index in [4.69, 9.17) is 4.74 Å². The smallest absolute Gasteiger partial charge is 0.167 e. The summed E-state index contributed by atoms with van der Waals surface area (Å²) in [5, 5.41) is 19.6. The minimum absolute atomic E-state index is 0.0344. The van der Waals surface area contributed by atoms with E-state index < -0.39 is 0 Å². The fourth-order valence-corrected chi connectivity index (χ4v) is 4.10. The topological polar surface area (TPSA) is 49.7 Å². The Balaban J connectivity index is 2.26. The van der Waals surface area contributed by atoms with Crippen LogP contribution in [0.3, 0.4) is 0 Å². The summed E-state index contributed by atoms with van der Waals surface area (Å²) >= 11 is 0. The van der Waals surface area contributed by atoms with Gasteiger partial charge in [-0.05, 0) is 36.2 Å². The van der Waals surface area contributed by atoms with Gasteiger partial charge in [0.15, 0.2) is 11.5 Å². The van der Waals surface area contributed by atoms with Crippen molar-refractivity contribution in [3.05, 3.63) is 23.8 Å². The van der Waals surface area contributed by atoms with Crippen molar-refractivity contribution >= 4 is 6.08 Å². The van der Waals surface area contributed by atoms with Crippen molar-refractivity contribution in [2.45, 2.75) is 92.4 Å². The summed E-state index contributed by atoms with van der Waals surface area (Å²) in [5.41, 5.74) is 0.706. The van der Waals surface area contributed by atoms with Gasteiger partial charge >= 0.3 is 0 Å². The Bertz CT molecular complexity index is 621. The summed E-state index contributed by atoms with van der Waals surface area (Å²) in [6, 6.07) is 2.92. The third-order valence-corrected chi connectivity index (χ3v) is 6.12. The number of hydrogen-bond donors (Lipinski definition) is 2. The second-order valence-electron chi connectivity index (χ2n) is 9.82. The standard InChI is InChI=1S/C27H46O3/c1-20(2)10-7-11-21(3)12-8-13-22(4)14-9-15-23(5)16-17-24-18-25(28)19-26(29)27(24)30-6/h16-23,28-29H,7-15H2,1-6H3. The van der Waals surface area contributed by atoms with E-state index in [-0.39, 0.29) is 11.5 Å². The van der Waals surface area contributed by atoms with E-state index >= 15 is 0 Å². The molecule has 0 saturated carbocycles. The quantitative estimate of drug-likeness (QED) is 0.302. The van der Waals surface area contributed by atoms with Gasteiger partial charge in [-0.2, -0.15) is 0 Å². The molecule has 0 saturated heterocycles. The number of rotatable bonds is 15. The zero-order chi connectivity index (χ0) is 22.5. The van der Waals surface area contributed by atoms with E-state index in [1.165, 1.54) is 64.5 Å². The van der Waals surface area contributed by atoms with Crippen LogP contribution in [-0.4, -0.2) is 17.3 Å². The molecule has 172 valence electrons. The Morgan fingerprint density at radius 2 is 1.33 bits per heavy atom. The fraction of sp³-hybridized carbons (Fsp3) is 0.704. The number of methoxy groups -OCH3 is 1. The Morgan fingerprint density at radius 3 is 1.87 bits per heavy atom. The number of aromatic hydroxyl groups is 2. The molecular weight excluding hydrogens is 372 g/mol. The molecule has 1 aromatic carbocycles. The van der Waals surface area contributed by atoms with Crippen molar-refractivity contribution in [2.24, 2.45) is 23.7 Å². The monoisotopic (exact) mass is 418 g/mol.